The molecule has 0 aliphatic carbocycles. The van der Waals surface area contributed by atoms with E-state index in [1.54, 1.807) is 36.4 Å². The lowest BCUT2D eigenvalue weighted by atomic mass is 10.1. The quantitative estimate of drug-likeness (QED) is 0.599. The summed E-state index contributed by atoms with van der Waals surface area (Å²) in [5, 5.41) is 5.00. The molecule has 0 radical (unpaired) electrons. The highest BCUT2D eigenvalue weighted by molar-refractivity contribution is 5.96. The second kappa shape index (κ2) is 9.96. The molecular formula is C20H23N3O5. The highest BCUT2D eigenvalue weighted by Gasteiger charge is 2.26. The van der Waals surface area contributed by atoms with Gasteiger partial charge >= 0.3 is 12.0 Å². The first kappa shape index (κ1) is 20.8. The number of ether oxygens (including phenoxy) is 2. The monoisotopic (exact) mass is 385 g/mol. The molecule has 8 heteroatoms. The molecule has 4 N–H and O–H groups in total. The van der Waals surface area contributed by atoms with Gasteiger partial charge < -0.3 is 25.8 Å². The Balaban J connectivity index is 2.02. The molecule has 2 aromatic rings. The van der Waals surface area contributed by atoms with Crippen LogP contribution in [0.25, 0.3) is 0 Å². The maximum Gasteiger partial charge on any atom is 0.329 e. The zero-order chi connectivity index (χ0) is 20.5. The lowest BCUT2D eigenvalue weighted by Gasteiger charge is -2.20. The zero-order valence-corrected chi connectivity index (χ0v) is 15.7. The van der Waals surface area contributed by atoms with Crippen molar-refractivity contribution >= 4 is 23.6 Å². The van der Waals surface area contributed by atoms with Gasteiger partial charge in [0.25, 0.3) is 5.91 Å². The molecule has 148 valence electrons. The fraction of sp³-hybridized carbons (Fsp3) is 0.250. The summed E-state index contributed by atoms with van der Waals surface area (Å²) in [6.07, 6.45) is -0.908. The Kier molecular flexibility index (Phi) is 7.38. The zero-order valence-electron chi connectivity index (χ0n) is 15.7. The molecule has 0 aromatic heterocycles. The lowest BCUT2D eigenvalue weighted by Crippen LogP contribution is -2.47. The normalized spacial score (nSPS) is 12.4. The number of rotatable bonds is 8. The van der Waals surface area contributed by atoms with Crippen LogP contribution in [-0.4, -0.2) is 37.2 Å². The van der Waals surface area contributed by atoms with Crippen molar-refractivity contribution in [3.63, 3.8) is 0 Å². The summed E-state index contributed by atoms with van der Waals surface area (Å²) in [4.78, 5) is 36.1. The molecule has 0 aliphatic rings. The van der Waals surface area contributed by atoms with Gasteiger partial charge in [-0.05, 0) is 24.6 Å². The van der Waals surface area contributed by atoms with Crippen molar-refractivity contribution in [1.82, 2.24) is 5.32 Å². The van der Waals surface area contributed by atoms with E-state index in [1.807, 2.05) is 18.2 Å². The number of benzene rings is 2. The summed E-state index contributed by atoms with van der Waals surface area (Å²) >= 11 is 0. The van der Waals surface area contributed by atoms with E-state index in [2.05, 4.69) is 10.6 Å². The summed E-state index contributed by atoms with van der Waals surface area (Å²) in [5.41, 5.74) is 6.42. The summed E-state index contributed by atoms with van der Waals surface area (Å²) in [6.45, 7) is 1.44. The number of carbonyl (C=O) groups excluding carboxylic acids is 3. The molecule has 0 fully saturated rings. The van der Waals surface area contributed by atoms with Gasteiger partial charge in [0.2, 0.25) is 0 Å². The van der Waals surface area contributed by atoms with E-state index in [9.17, 15) is 14.4 Å². The predicted molar refractivity (Wildman–Crippen MR) is 104 cm³/mol. The van der Waals surface area contributed by atoms with Crippen LogP contribution >= 0.6 is 0 Å². The van der Waals surface area contributed by atoms with E-state index in [0.717, 1.165) is 5.56 Å². The second-order valence-corrected chi connectivity index (χ2v) is 6.02. The average molecular weight is 385 g/mol. The number of urea groups is 1. The molecule has 0 heterocycles. The summed E-state index contributed by atoms with van der Waals surface area (Å²) in [7, 11) is 1.48. The van der Waals surface area contributed by atoms with E-state index in [0.29, 0.717) is 11.4 Å². The second-order valence-electron chi connectivity index (χ2n) is 6.02. The van der Waals surface area contributed by atoms with Crippen molar-refractivity contribution in [2.45, 2.75) is 25.5 Å². The van der Waals surface area contributed by atoms with Crippen molar-refractivity contribution in [3.05, 3.63) is 60.2 Å². The molecule has 2 aromatic carbocycles. The minimum atomic E-state index is -1.09. The average Bonchev–Trinajstić information content (AvgIpc) is 2.68. The van der Waals surface area contributed by atoms with E-state index in [1.165, 1.54) is 14.0 Å². The molecule has 2 rings (SSSR count). The molecule has 0 aliphatic heterocycles. The number of methoxy groups -OCH3 is 1. The van der Waals surface area contributed by atoms with Gasteiger partial charge in [-0.1, -0.05) is 42.5 Å². The summed E-state index contributed by atoms with van der Waals surface area (Å²) < 4.78 is 10.4. The van der Waals surface area contributed by atoms with Gasteiger partial charge in [-0.3, -0.25) is 4.79 Å². The number of para-hydroxylation sites is 2. The minimum absolute atomic E-state index is 0.184. The van der Waals surface area contributed by atoms with E-state index in [4.69, 9.17) is 15.2 Å². The first-order chi connectivity index (χ1) is 13.4. The third kappa shape index (κ3) is 6.01. The van der Waals surface area contributed by atoms with Crippen LogP contribution in [0.15, 0.2) is 54.6 Å². The van der Waals surface area contributed by atoms with Crippen LogP contribution in [0, 0.1) is 0 Å². The van der Waals surface area contributed by atoms with Crippen LogP contribution < -0.4 is 21.1 Å². The molecule has 3 amide bonds. The highest BCUT2D eigenvalue weighted by atomic mass is 16.5. The van der Waals surface area contributed by atoms with Gasteiger partial charge in [-0.25, -0.2) is 9.59 Å². The topological polar surface area (TPSA) is 120 Å². The van der Waals surface area contributed by atoms with Crippen molar-refractivity contribution < 1.29 is 23.9 Å². The Morgan fingerprint density at radius 1 is 1.04 bits per heavy atom. The number of carbonyl (C=O) groups is 3. The third-order valence-electron chi connectivity index (χ3n) is 3.91. The standard InChI is InChI=1S/C20H23N3O5/c1-13(18(24)22-15-10-6-7-11-17(15)27-2)28-19(25)16(23-20(21)26)12-14-8-4-3-5-9-14/h3-11,13,16H,12H2,1-2H3,(H,22,24)(H3,21,23,26)/t13-,16+/m1/s1. The molecule has 0 saturated carbocycles. The number of amides is 3. The van der Waals surface area contributed by atoms with Crippen LogP contribution in [0.1, 0.15) is 12.5 Å². The van der Waals surface area contributed by atoms with Crippen molar-refractivity contribution in [2.75, 3.05) is 12.4 Å². The Bertz CT molecular complexity index is 826. The lowest BCUT2D eigenvalue weighted by molar-refractivity contribution is -0.155. The number of hydrogen-bond acceptors (Lipinski definition) is 5. The molecule has 0 unspecified atom stereocenters. The summed E-state index contributed by atoms with van der Waals surface area (Å²) in [5.74, 6) is -0.813. The fourth-order valence-electron chi connectivity index (χ4n) is 2.51. The smallest absolute Gasteiger partial charge is 0.329 e. The Hall–Kier alpha value is -3.55. The fourth-order valence-corrected chi connectivity index (χ4v) is 2.51. The summed E-state index contributed by atoms with van der Waals surface area (Å²) in [6, 6.07) is 14.1. The van der Waals surface area contributed by atoms with Crippen LogP contribution in [0.5, 0.6) is 5.75 Å². The van der Waals surface area contributed by atoms with Crippen LogP contribution in [0.4, 0.5) is 10.5 Å². The molecular weight excluding hydrogens is 362 g/mol. The number of esters is 1. The minimum Gasteiger partial charge on any atom is -0.495 e. The Labute approximate surface area is 163 Å². The molecule has 0 spiro atoms. The number of primary amides is 1. The van der Waals surface area contributed by atoms with Gasteiger partial charge in [-0.15, -0.1) is 0 Å². The molecule has 0 saturated heterocycles. The van der Waals surface area contributed by atoms with Gasteiger partial charge in [0.05, 0.1) is 12.8 Å². The van der Waals surface area contributed by atoms with Crippen LogP contribution in [0.3, 0.4) is 0 Å². The van der Waals surface area contributed by atoms with E-state index < -0.39 is 30.1 Å². The number of anilines is 1. The largest absolute Gasteiger partial charge is 0.495 e. The van der Waals surface area contributed by atoms with Crippen molar-refractivity contribution in [3.8, 4) is 5.75 Å². The molecule has 28 heavy (non-hydrogen) atoms. The predicted octanol–water partition coefficient (Wildman–Crippen LogP) is 1.84. The van der Waals surface area contributed by atoms with Gasteiger partial charge in [0.15, 0.2) is 6.10 Å². The third-order valence-corrected chi connectivity index (χ3v) is 3.91. The highest BCUT2D eigenvalue weighted by Crippen LogP contribution is 2.23. The number of hydrogen-bond donors (Lipinski definition) is 3. The van der Waals surface area contributed by atoms with Crippen molar-refractivity contribution in [2.24, 2.45) is 5.73 Å². The maximum atomic E-state index is 12.5. The number of nitrogens with two attached hydrogens (primary N) is 1. The number of nitrogens with one attached hydrogen (secondary N) is 2. The molecule has 8 nitrogen and oxygen atoms in total. The van der Waals surface area contributed by atoms with Crippen LogP contribution in [0.2, 0.25) is 0 Å². The first-order valence-corrected chi connectivity index (χ1v) is 8.65. The van der Waals surface area contributed by atoms with Crippen LogP contribution in [-0.2, 0) is 20.7 Å². The SMILES string of the molecule is COc1ccccc1NC(=O)[C@@H](C)OC(=O)[C@H](Cc1ccccc1)NC(N)=O. The van der Waals surface area contributed by atoms with Gasteiger partial charge in [-0.2, -0.15) is 0 Å². The Morgan fingerprint density at radius 2 is 1.68 bits per heavy atom. The van der Waals surface area contributed by atoms with Crippen molar-refractivity contribution in [1.29, 1.82) is 0 Å². The van der Waals surface area contributed by atoms with E-state index in [-0.39, 0.29) is 6.42 Å². The molecule has 0 bridgehead atoms. The van der Waals surface area contributed by atoms with Gasteiger partial charge in [0.1, 0.15) is 11.8 Å². The van der Waals surface area contributed by atoms with Gasteiger partial charge in [0, 0.05) is 6.42 Å². The Morgan fingerprint density at radius 3 is 2.32 bits per heavy atom. The maximum absolute atomic E-state index is 12.5. The molecule has 2 atom stereocenters. The first-order valence-electron chi connectivity index (χ1n) is 8.65. The van der Waals surface area contributed by atoms with E-state index >= 15 is 0 Å².